The van der Waals surface area contributed by atoms with E-state index in [0.717, 1.165) is 29.8 Å². The van der Waals surface area contributed by atoms with Crippen LogP contribution < -0.4 is 10.5 Å². The molecule has 22 heavy (non-hydrogen) atoms. The maximum absolute atomic E-state index is 12.8. The highest BCUT2D eigenvalue weighted by Crippen LogP contribution is 2.32. The number of rotatable bonds is 5. The molecule has 2 rings (SSSR count). The zero-order valence-corrected chi connectivity index (χ0v) is 12.4. The second kappa shape index (κ2) is 6.39. The van der Waals surface area contributed by atoms with E-state index < -0.39 is 11.7 Å². The highest BCUT2D eigenvalue weighted by Gasteiger charge is 2.31. The number of hydrogen-bond acceptors (Lipinski definition) is 3. The summed E-state index contributed by atoms with van der Waals surface area (Å²) in [4.78, 5) is 0. The molecule has 0 spiro atoms. The van der Waals surface area contributed by atoms with Crippen LogP contribution in [-0.4, -0.2) is 23.4 Å². The molecule has 0 atom stereocenters. The Morgan fingerprint density at radius 2 is 2.05 bits per heavy atom. The first-order valence-electron chi connectivity index (χ1n) is 6.88. The van der Waals surface area contributed by atoms with Crippen molar-refractivity contribution >= 4 is 0 Å². The fourth-order valence-corrected chi connectivity index (χ4v) is 2.30. The quantitative estimate of drug-likeness (QED) is 0.923. The first kappa shape index (κ1) is 16.4. The molecule has 0 aliphatic carbocycles. The molecule has 2 aromatic rings. The third kappa shape index (κ3) is 3.24. The highest BCUT2D eigenvalue weighted by atomic mass is 19.4. The molecule has 0 bridgehead atoms. The summed E-state index contributed by atoms with van der Waals surface area (Å²) in [5.41, 5.74) is 6.70. The van der Waals surface area contributed by atoms with Crippen LogP contribution >= 0.6 is 0 Å². The monoisotopic (exact) mass is 313 g/mol. The SMILES string of the molecule is COc1c(CCCN)c(C)nn1-c1cccc(C(F)(F)F)c1. The van der Waals surface area contributed by atoms with Gasteiger partial charge in [0.2, 0.25) is 5.88 Å². The molecule has 2 N–H and O–H groups in total. The molecular weight excluding hydrogens is 295 g/mol. The summed E-state index contributed by atoms with van der Waals surface area (Å²) < 4.78 is 45.3. The maximum Gasteiger partial charge on any atom is 0.416 e. The minimum Gasteiger partial charge on any atom is -0.481 e. The summed E-state index contributed by atoms with van der Waals surface area (Å²) in [5.74, 6) is 0.449. The summed E-state index contributed by atoms with van der Waals surface area (Å²) in [6.07, 6.45) is -2.97. The Morgan fingerprint density at radius 3 is 2.64 bits per heavy atom. The van der Waals surface area contributed by atoms with Gasteiger partial charge in [-0.3, -0.25) is 0 Å². The number of methoxy groups -OCH3 is 1. The van der Waals surface area contributed by atoms with Gasteiger partial charge < -0.3 is 10.5 Å². The Bertz CT molecular complexity index is 650. The number of nitrogens with two attached hydrogens (primary N) is 1. The van der Waals surface area contributed by atoms with Crippen LogP contribution in [0.25, 0.3) is 5.69 Å². The van der Waals surface area contributed by atoms with Crippen molar-refractivity contribution in [3.63, 3.8) is 0 Å². The van der Waals surface area contributed by atoms with E-state index in [1.165, 1.54) is 17.9 Å². The van der Waals surface area contributed by atoms with E-state index in [0.29, 0.717) is 24.5 Å². The lowest BCUT2D eigenvalue weighted by Gasteiger charge is -2.11. The van der Waals surface area contributed by atoms with Gasteiger partial charge in [-0.05, 0) is 44.5 Å². The average Bonchev–Trinajstić information content (AvgIpc) is 2.80. The number of aryl methyl sites for hydroxylation is 1. The number of nitrogens with zero attached hydrogens (tertiary/aromatic N) is 2. The second-order valence-corrected chi connectivity index (χ2v) is 4.93. The third-order valence-corrected chi connectivity index (χ3v) is 3.38. The summed E-state index contributed by atoms with van der Waals surface area (Å²) in [5, 5.41) is 4.31. The highest BCUT2D eigenvalue weighted by molar-refractivity contribution is 5.43. The number of aromatic nitrogens is 2. The van der Waals surface area contributed by atoms with Crippen molar-refractivity contribution in [1.29, 1.82) is 0 Å². The fourth-order valence-electron chi connectivity index (χ4n) is 2.30. The third-order valence-electron chi connectivity index (χ3n) is 3.38. The van der Waals surface area contributed by atoms with Crippen LogP contribution in [0.15, 0.2) is 24.3 Å². The molecule has 0 aliphatic heterocycles. The number of hydrogen-bond donors (Lipinski definition) is 1. The lowest BCUT2D eigenvalue weighted by molar-refractivity contribution is -0.137. The van der Waals surface area contributed by atoms with E-state index in [-0.39, 0.29) is 0 Å². The molecule has 1 aromatic carbocycles. The van der Waals surface area contributed by atoms with Crippen LogP contribution in [0.4, 0.5) is 13.2 Å². The van der Waals surface area contributed by atoms with Crippen molar-refractivity contribution in [1.82, 2.24) is 9.78 Å². The van der Waals surface area contributed by atoms with Gasteiger partial charge >= 0.3 is 6.18 Å². The number of halogens is 3. The molecule has 0 saturated heterocycles. The van der Waals surface area contributed by atoms with Gasteiger partial charge in [0, 0.05) is 5.56 Å². The van der Waals surface area contributed by atoms with E-state index >= 15 is 0 Å². The summed E-state index contributed by atoms with van der Waals surface area (Å²) in [6, 6.07) is 5.01. The Morgan fingerprint density at radius 1 is 1.32 bits per heavy atom. The molecule has 1 heterocycles. The Balaban J connectivity index is 2.49. The van der Waals surface area contributed by atoms with Crippen LogP contribution in [0.1, 0.15) is 23.2 Å². The molecule has 0 radical (unpaired) electrons. The van der Waals surface area contributed by atoms with Crippen molar-refractivity contribution in [3.8, 4) is 11.6 Å². The van der Waals surface area contributed by atoms with Crippen molar-refractivity contribution in [2.24, 2.45) is 5.73 Å². The summed E-state index contributed by atoms with van der Waals surface area (Å²) in [6.45, 7) is 2.33. The minimum absolute atomic E-state index is 0.314. The topological polar surface area (TPSA) is 53.1 Å². The predicted molar refractivity (Wildman–Crippen MR) is 77.2 cm³/mol. The molecule has 0 unspecified atom stereocenters. The van der Waals surface area contributed by atoms with Gasteiger partial charge in [0.05, 0.1) is 24.1 Å². The average molecular weight is 313 g/mol. The van der Waals surface area contributed by atoms with Gasteiger partial charge in [-0.15, -0.1) is 0 Å². The molecule has 1 aromatic heterocycles. The van der Waals surface area contributed by atoms with Crippen LogP contribution in [0.5, 0.6) is 5.88 Å². The van der Waals surface area contributed by atoms with E-state index in [1.54, 1.807) is 13.0 Å². The molecule has 4 nitrogen and oxygen atoms in total. The predicted octanol–water partition coefficient (Wildman–Crippen LogP) is 3.10. The lowest BCUT2D eigenvalue weighted by Crippen LogP contribution is -2.07. The van der Waals surface area contributed by atoms with Crippen molar-refractivity contribution < 1.29 is 17.9 Å². The maximum atomic E-state index is 12.8. The van der Waals surface area contributed by atoms with Gasteiger partial charge in [0.15, 0.2) is 0 Å². The molecule has 0 amide bonds. The first-order valence-corrected chi connectivity index (χ1v) is 6.88. The Hall–Kier alpha value is -2.02. The van der Waals surface area contributed by atoms with Crippen molar-refractivity contribution in [3.05, 3.63) is 41.1 Å². The smallest absolute Gasteiger partial charge is 0.416 e. The van der Waals surface area contributed by atoms with E-state index in [2.05, 4.69) is 5.10 Å². The zero-order chi connectivity index (χ0) is 16.3. The van der Waals surface area contributed by atoms with Crippen LogP contribution in [0, 0.1) is 6.92 Å². The van der Waals surface area contributed by atoms with Crippen LogP contribution in [-0.2, 0) is 12.6 Å². The Labute approximate surface area is 126 Å². The standard InChI is InChI=1S/C15H18F3N3O/c1-10-13(7-4-8-19)14(22-2)21(20-10)12-6-3-5-11(9-12)15(16,17)18/h3,5-6,9H,4,7-8,19H2,1-2H3. The molecule has 7 heteroatoms. The van der Waals surface area contributed by atoms with Crippen molar-refractivity contribution in [2.45, 2.75) is 25.9 Å². The number of alkyl halides is 3. The molecule has 120 valence electrons. The second-order valence-electron chi connectivity index (χ2n) is 4.93. The van der Waals surface area contributed by atoms with E-state index in [1.807, 2.05) is 0 Å². The Kier molecular flexibility index (Phi) is 4.75. The number of benzene rings is 1. The van der Waals surface area contributed by atoms with Crippen molar-refractivity contribution in [2.75, 3.05) is 13.7 Å². The molecule has 0 saturated carbocycles. The normalized spacial score (nSPS) is 11.7. The van der Waals surface area contributed by atoms with Gasteiger partial charge in [-0.2, -0.15) is 18.3 Å². The van der Waals surface area contributed by atoms with E-state index in [9.17, 15) is 13.2 Å². The van der Waals surface area contributed by atoms with Gasteiger partial charge in [0.25, 0.3) is 0 Å². The molecule has 0 fully saturated rings. The van der Waals surface area contributed by atoms with Gasteiger partial charge in [-0.1, -0.05) is 6.07 Å². The summed E-state index contributed by atoms with van der Waals surface area (Å²) in [7, 11) is 1.48. The lowest BCUT2D eigenvalue weighted by atomic mass is 10.1. The largest absolute Gasteiger partial charge is 0.481 e. The molecule has 0 aliphatic rings. The van der Waals surface area contributed by atoms with Crippen LogP contribution in [0.3, 0.4) is 0 Å². The minimum atomic E-state index is -4.40. The van der Waals surface area contributed by atoms with E-state index in [4.69, 9.17) is 10.5 Å². The summed E-state index contributed by atoms with van der Waals surface area (Å²) >= 11 is 0. The first-order chi connectivity index (χ1) is 10.4. The molecular formula is C15H18F3N3O. The number of ether oxygens (including phenoxy) is 1. The van der Waals surface area contributed by atoms with Crippen LogP contribution in [0.2, 0.25) is 0 Å². The van der Waals surface area contributed by atoms with Gasteiger partial charge in [-0.25, -0.2) is 4.68 Å². The zero-order valence-electron chi connectivity index (χ0n) is 12.4. The van der Waals surface area contributed by atoms with Gasteiger partial charge in [0.1, 0.15) is 0 Å². The fraction of sp³-hybridized carbons (Fsp3) is 0.400.